The van der Waals surface area contributed by atoms with E-state index in [1.54, 1.807) is 31.3 Å². The Hall–Kier alpha value is -2.50. The Balaban J connectivity index is 2.28. The Kier molecular flexibility index (Phi) is 4.24. The molecular formula is C14H15FN4O. The molecule has 1 N–H and O–H groups in total. The van der Waals surface area contributed by atoms with Crippen molar-refractivity contribution in [1.82, 2.24) is 10.2 Å². The fourth-order valence-electron chi connectivity index (χ4n) is 1.81. The molecule has 5 nitrogen and oxygen atoms in total. The van der Waals surface area contributed by atoms with Gasteiger partial charge in [-0.3, -0.25) is 4.79 Å². The fraction of sp³-hybridized carbons (Fsp3) is 0.214. The molecule has 104 valence electrons. The van der Waals surface area contributed by atoms with Gasteiger partial charge in [0.05, 0.1) is 0 Å². The van der Waals surface area contributed by atoms with E-state index in [1.165, 1.54) is 17.0 Å². The summed E-state index contributed by atoms with van der Waals surface area (Å²) in [5, 5.41) is 10.6. The Morgan fingerprint density at radius 1 is 1.30 bits per heavy atom. The molecule has 0 fully saturated rings. The molecule has 1 heterocycles. The van der Waals surface area contributed by atoms with Gasteiger partial charge in [-0.05, 0) is 37.3 Å². The van der Waals surface area contributed by atoms with Gasteiger partial charge < -0.3 is 10.2 Å². The van der Waals surface area contributed by atoms with Crippen LogP contribution < -0.4 is 10.2 Å². The molecule has 2 aromatic rings. The minimum absolute atomic E-state index is 0.218. The third-order valence-corrected chi connectivity index (χ3v) is 2.82. The van der Waals surface area contributed by atoms with Crippen molar-refractivity contribution in [2.45, 2.75) is 6.92 Å². The second-order valence-electron chi connectivity index (χ2n) is 4.08. The normalized spacial score (nSPS) is 10.2. The van der Waals surface area contributed by atoms with Crippen molar-refractivity contribution >= 4 is 17.4 Å². The maximum atomic E-state index is 13.3. The Morgan fingerprint density at radius 2 is 2.10 bits per heavy atom. The van der Waals surface area contributed by atoms with E-state index in [9.17, 15) is 9.18 Å². The molecule has 6 heteroatoms. The Labute approximate surface area is 116 Å². The van der Waals surface area contributed by atoms with Crippen LogP contribution in [-0.2, 0) is 0 Å². The first-order valence-electron chi connectivity index (χ1n) is 6.24. The zero-order chi connectivity index (χ0) is 14.5. The number of hydrogen-bond acceptors (Lipinski definition) is 4. The summed E-state index contributed by atoms with van der Waals surface area (Å²) in [7, 11) is 1.72. The predicted octanol–water partition coefficient (Wildman–Crippen LogP) is 2.32. The smallest absolute Gasteiger partial charge is 0.278 e. The molecule has 0 radical (unpaired) electrons. The third kappa shape index (κ3) is 2.90. The first kappa shape index (κ1) is 13.9. The maximum Gasteiger partial charge on any atom is 0.278 e. The van der Waals surface area contributed by atoms with Crippen LogP contribution in [0.25, 0.3) is 0 Å². The topological polar surface area (TPSA) is 58.1 Å². The summed E-state index contributed by atoms with van der Waals surface area (Å²) in [5.41, 5.74) is 0.715. The van der Waals surface area contributed by atoms with Crippen LogP contribution in [-0.4, -0.2) is 29.7 Å². The molecular weight excluding hydrogens is 259 g/mol. The average Bonchev–Trinajstić information content (AvgIpc) is 2.48. The van der Waals surface area contributed by atoms with Crippen LogP contribution in [0.3, 0.4) is 0 Å². The molecule has 0 aliphatic rings. The van der Waals surface area contributed by atoms with Crippen LogP contribution in [0.1, 0.15) is 17.4 Å². The van der Waals surface area contributed by atoms with Gasteiger partial charge in [0.1, 0.15) is 11.6 Å². The van der Waals surface area contributed by atoms with Gasteiger partial charge in [-0.1, -0.05) is 6.07 Å². The Morgan fingerprint density at radius 3 is 2.65 bits per heavy atom. The molecule has 1 amide bonds. The summed E-state index contributed by atoms with van der Waals surface area (Å²) in [6.45, 7) is 2.23. The molecule has 0 spiro atoms. The average molecular weight is 274 g/mol. The summed E-state index contributed by atoms with van der Waals surface area (Å²) in [4.78, 5) is 13.8. The highest BCUT2D eigenvalue weighted by Crippen LogP contribution is 2.17. The van der Waals surface area contributed by atoms with Crippen molar-refractivity contribution in [3.05, 3.63) is 47.9 Å². The van der Waals surface area contributed by atoms with Crippen LogP contribution in [0, 0.1) is 5.82 Å². The number of carbonyl (C=O) groups is 1. The molecule has 0 aliphatic heterocycles. The molecule has 2 rings (SSSR count). The van der Waals surface area contributed by atoms with Crippen LogP contribution in [0.2, 0.25) is 0 Å². The first-order chi connectivity index (χ1) is 9.65. The van der Waals surface area contributed by atoms with Gasteiger partial charge in [-0.25, -0.2) is 4.39 Å². The molecule has 20 heavy (non-hydrogen) atoms. The summed E-state index contributed by atoms with van der Waals surface area (Å²) in [6, 6.07) is 9.15. The fourth-order valence-corrected chi connectivity index (χ4v) is 1.81. The van der Waals surface area contributed by atoms with E-state index in [0.717, 1.165) is 0 Å². The standard InChI is InChI=1S/C14H15FN4O/c1-3-19(11-6-4-5-10(15)9-11)14(20)12-7-8-13(16-2)18-17-12/h4-9H,3H2,1-2H3,(H,16,18). The minimum Gasteiger partial charge on any atom is -0.372 e. The number of nitrogens with zero attached hydrogens (tertiary/aromatic N) is 3. The molecule has 0 saturated carbocycles. The zero-order valence-corrected chi connectivity index (χ0v) is 11.3. The first-order valence-corrected chi connectivity index (χ1v) is 6.24. The van der Waals surface area contributed by atoms with Crippen LogP contribution in [0.5, 0.6) is 0 Å². The highest BCUT2D eigenvalue weighted by molar-refractivity contribution is 6.04. The lowest BCUT2D eigenvalue weighted by Gasteiger charge is -2.20. The number of aromatic nitrogens is 2. The monoisotopic (exact) mass is 274 g/mol. The molecule has 0 atom stereocenters. The number of amides is 1. The lowest BCUT2D eigenvalue weighted by Crippen LogP contribution is -2.31. The Bertz CT molecular complexity index is 600. The largest absolute Gasteiger partial charge is 0.372 e. The number of halogens is 1. The SMILES string of the molecule is CCN(C(=O)c1ccc(NC)nn1)c1cccc(F)c1. The van der Waals surface area contributed by atoms with Crippen molar-refractivity contribution in [2.24, 2.45) is 0 Å². The number of benzene rings is 1. The van der Waals surface area contributed by atoms with Gasteiger partial charge in [0, 0.05) is 19.3 Å². The zero-order valence-electron chi connectivity index (χ0n) is 11.3. The van der Waals surface area contributed by atoms with Gasteiger partial charge in [0.2, 0.25) is 0 Å². The van der Waals surface area contributed by atoms with Crippen molar-refractivity contribution in [3.63, 3.8) is 0 Å². The van der Waals surface area contributed by atoms with Crippen LogP contribution in [0.4, 0.5) is 15.9 Å². The lowest BCUT2D eigenvalue weighted by molar-refractivity contribution is 0.0982. The highest BCUT2D eigenvalue weighted by atomic mass is 19.1. The molecule has 0 saturated heterocycles. The van der Waals surface area contributed by atoms with Gasteiger partial charge in [-0.2, -0.15) is 0 Å². The summed E-state index contributed by atoms with van der Waals surface area (Å²) in [6.07, 6.45) is 0. The number of nitrogens with one attached hydrogen (secondary N) is 1. The van der Waals surface area contributed by atoms with Crippen LogP contribution in [0.15, 0.2) is 36.4 Å². The van der Waals surface area contributed by atoms with E-state index in [2.05, 4.69) is 15.5 Å². The van der Waals surface area contributed by atoms with E-state index in [4.69, 9.17) is 0 Å². The predicted molar refractivity (Wildman–Crippen MR) is 75.3 cm³/mol. The number of anilines is 2. The summed E-state index contributed by atoms with van der Waals surface area (Å²) in [5.74, 6) is -0.117. The second kappa shape index (κ2) is 6.10. The van der Waals surface area contributed by atoms with E-state index < -0.39 is 0 Å². The van der Waals surface area contributed by atoms with E-state index in [0.29, 0.717) is 18.1 Å². The molecule has 1 aromatic heterocycles. The number of rotatable bonds is 4. The molecule has 1 aromatic carbocycles. The van der Waals surface area contributed by atoms with Crippen molar-refractivity contribution < 1.29 is 9.18 Å². The van der Waals surface area contributed by atoms with Gasteiger partial charge in [0.25, 0.3) is 5.91 Å². The summed E-state index contributed by atoms with van der Waals surface area (Å²) >= 11 is 0. The molecule has 0 aliphatic carbocycles. The third-order valence-electron chi connectivity index (χ3n) is 2.82. The summed E-state index contributed by atoms with van der Waals surface area (Å²) < 4.78 is 13.3. The van der Waals surface area contributed by atoms with Crippen molar-refractivity contribution in [2.75, 3.05) is 23.8 Å². The minimum atomic E-state index is -0.384. The lowest BCUT2D eigenvalue weighted by atomic mass is 10.2. The van der Waals surface area contributed by atoms with E-state index in [-0.39, 0.29) is 17.4 Å². The van der Waals surface area contributed by atoms with Crippen LogP contribution >= 0.6 is 0 Å². The molecule has 0 unspecified atom stereocenters. The van der Waals surface area contributed by atoms with E-state index >= 15 is 0 Å². The second-order valence-corrected chi connectivity index (χ2v) is 4.08. The highest BCUT2D eigenvalue weighted by Gasteiger charge is 2.18. The van der Waals surface area contributed by atoms with Gasteiger partial charge >= 0.3 is 0 Å². The van der Waals surface area contributed by atoms with E-state index in [1.807, 2.05) is 6.92 Å². The quantitative estimate of drug-likeness (QED) is 0.929. The maximum absolute atomic E-state index is 13.3. The number of hydrogen-bond donors (Lipinski definition) is 1. The van der Waals surface area contributed by atoms with Crippen molar-refractivity contribution in [1.29, 1.82) is 0 Å². The van der Waals surface area contributed by atoms with Crippen molar-refractivity contribution in [3.8, 4) is 0 Å². The number of carbonyl (C=O) groups excluding carboxylic acids is 1. The van der Waals surface area contributed by atoms with Gasteiger partial charge in [0.15, 0.2) is 5.69 Å². The molecule has 0 bridgehead atoms. The van der Waals surface area contributed by atoms with Gasteiger partial charge in [-0.15, -0.1) is 10.2 Å².